The Morgan fingerprint density at radius 2 is 1.86 bits per heavy atom. The maximum Gasteiger partial charge on any atom is 0.0173 e. The molecule has 1 aromatic carbocycles. The van der Waals surface area contributed by atoms with Crippen molar-refractivity contribution < 1.29 is 0 Å². The van der Waals surface area contributed by atoms with Gasteiger partial charge in [-0.25, -0.2) is 0 Å². The molecule has 0 aromatic heterocycles. The summed E-state index contributed by atoms with van der Waals surface area (Å²) in [7, 11) is 0. The molecular weight excluding hydrogens is 254 g/mol. The molecule has 0 bridgehead atoms. The molecule has 1 nitrogen and oxygen atoms in total. The number of rotatable bonds is 5. The maximum atomic E-state index is 3.74. The summed E-state index contributed by atoms with van der Waals surface area (Å²) in [5, 5.41) is 3.74. The van der Waals surface area contributed by atoms with Crippen molar-refractivity contribution in [3.05, 3.63) is 40.5 Å². The summed E-state index contributed by atoms with van der Waals surface area (Å²) in [5.41, 5.74) is 5.92. The van der Waals surface area contributed by atoms with Crippen LogP contribution < -0.4 is 5.32 Å². The summed E-state index contributed by atoms with van der Waals surface area (Å²) in [4.78, 5) is 0. The van der Waals surface area contributed by atoms with Gasteiger partial charge in [0.05, 0.1) is 0 Å². The van der Waals surface area contributed by atoms with Crippen molar-refractivity contribution in [1.29, 1.82) is 0 Å². The van der Waals surface area contributed by atoms with E-state index < -0.39 is 0 Å². The van der Waals surface area contributed by atoms with Crippen LogP contribution in [0, 0.1) is 19.8 Å². The van der Waals surface area contributed by atoms with E-state index in [0.29, 0.717) is 0 Å². The lowest BCUT2D eigenvalue weighted by Crippen LogP contribution is -2.24. The van der Waals surface area contributed by atoms with Crippen LogP contribution in [-0.4, -0.2) is 12.6 Å². The molecule has 2 aliphatic carbocycles. The molecule has 0 aliphatic heterocycles. The topological polar surface area (TPSA) is 12.0 Å². The van der Waals surface area contributed by atoms with Crippen molar-refractivity contribution in [2.75, 3.05) is 6.54 Å². The standard InChI is InChI=1S/C20H29N/c1-15-7-6-10-18(16(15)2)13-19(14-21-20-11-12-20)17-8-4-3-5-9-17/h6-7,10,13,17,20-21H,3-5,8-9,11-12,14H2,1-2H3/b19-13-. The molecule has 1 N–H and O–H groups in total. The lowest BCUT2D eigenvalue weighted by molar-refractivity contribution is 0.396. The fraction of sp³-hybridized carbons (Fsp3) is 0.600. The Morgan fingerprint density at radius 3 is 2.57 bits per heavy atom. The first kappa shape index (κ1) is 14.8. The zero-order valence-corrected chi connectivity index (χ0v) is 13.6. The molecular formula is C20H29N. The lowest BCUT2D eigenvalue weighted by Gasteiger charge is -2.25. The van der Waals surface area contributed by atoms with Gasteiger partial charge in [0.1, 0.15) is 0 Å². The zero-order chi connectivity index (χ0) is 14.7. The monoisotopic (exact) mass is 283 g/mol. The Hall–Kier alpha value is -1.08. The van der Waals surface area contributed by atoms with Crippen LogP contribution in [0.1, 0.15) is 61.6 Å². The molecule has 2 aliphatic rings. The Bertz CT molecular complexity index is 505. The first-order chi connectivity index (χ1) is 10.2. The van der Waals surface area contributed by atoms with Crippen molar-refractivity contribution >= 4 is 6.08 Å². The highest BCUT2D eigenvalue weighted by molar-refractivity contribution is 5.59. The first-order valence-electron chi connectivity index (χ1n) is 8.74. The Morgan fingerprint density at radius 1 is 1.10 bits per heavy atom. The molecule has 3 rings (SSSR count). The average molecular weight is 283 g/mol. The van der Waals surface area contributed by atoms with Crippen LogP contribution in [-0.2, 0) is 0 Å². The third kappa shape index (κ3) is 3.97. The second kappa shape index (κ2) is 6.79. The highest BCUT2D eigenvalue weighted by atomic mass is 14.9. The Labute approximate surface area is 129 Å². The van der Waals surface area contributed by atoms with E-state index in [9.17, 15) is 0 Å². The number of hydrogen-bond donors (Lipinski definition) is 1. The number of nitrogens with one attached hydrogen (secondary N) is 1. The van der Waals surface area contributed by atoms with Gasteiger partial charge in [0, 0.05) is 12.6 Å². The van der Waals surface area contributed by atoms with Gasteiger partial charge in [-0.05, 0) is 62.1 Å². The van der Waals surface area contributed by atoms with Gasteiger partial charge >= 0.3 is 0 Å². The highest BCUT2D eigenvalue weighted by Gasteiger charge is 2.23. The van der Waals surface area contributed by atoms with Gasteiger partial charge in [0.25, 0.3) is 0 Å². The van der Waals surface area contributed by atoms with Crippen LogP contribution in [0.25, 0.3) is 6.08 Å². The predicted molar refractivity (Wildman–Crippen MR) is 91.5 cm³/mol. The SMILES string of the molecule is Cc1cccc(/C=C(/CNC2CC2)C2CCCCC2)c1C. The van der Waals surface area contributed by atoms with Crippen molar-refractivity contribution in [1.82, 2.24) is 5.32 Å². The van der Waals surface area contributed by atoms with Gasteiger partial charge in [-0.1, -0.05) is 49.1 Å². The van der Waals surface area contributed by atoms with Crippen LogP contribution in [0.15, 0.2) is 23.8 Å². The molecule has 0 heterocycles. The Kier molecular flexibility index (Phi) is 4.80. The normalized spacial score (nSPS) is 20.8. The summed E-state index contributed by atoms with van der Waals surface area (Å²) >= 11 is 0. The number of hydrogen-bond acceptors (Lipinski definition) is 1. The summed E-state index contributed by atoms with van der Waals surface area (Å²) < 4.78 is 0. The fourth-order valence-corrected chi connectivity index (χ4v) is 3.47. The largest absolute Gasteiger partial charge is 0.310 e. The number of benzene rings is 1. The smallest absolute Gasteiger partial charge is 0.0173 e. The van der Waals surface area contributed by atoms with Crippen molar-refractivity contribution in [3.8, 4) is 0 Å². The van der Waals surface area contributed by atoms with Gasteiger partial charge in [-0.2, -0.15) is 0 Å². The summed E-state index contributed by atoms with van der Waals surface area (Å²) in [6, 6.07) is 7.49. The third-order valence-corrected chi connectivity index (χ3v) is 5.29. The summed E-state index contributed by atoms with van der Waals surface area (Å²) in [6.07, 6.45) is 12.3. The quantitative estimate of drug-likeness (QED) is 0.800. The minimum atomic E-state index is 0.801. The van der Waals surface area contributed by atoms with E-state index in [1.54, 1.807) is 5.57 Å². The minimum Gasteiger partial charge on any atom is -0.310 e. The van der Waals surface area contributed by atoms with Gasteiger partial charge in [0.2, 0.25) is 0 Å². The molecule has 114 valence electrons. The van der Waals surface area contributed by atoms with E-state index in [4.69, 9.17) is 0 Å². The molecule has 2 saturated carbocycles. The molecule has 21 heavy (non-hydrogen) atoms. The Balaban J connectivity index is 1.81. The van der Waals surface area contributed by atoms with Crippen molar-refractivity contribution in [3.63, 3.8) is 0 Å². The molecule has 0 radical (unpaired) electrons. The second-order valence-corrected chi connectivity index (χ2v) is 7.00. The van der Waals surface area contributed by atoms with Crippen molar-refractivity contribution in [2.24, 2.45) is 5.92 Å². The van der Waals surface area contributed by atoms with Crippen LogP contribution in [0.3, 0.4) is 0 Å². The van der Waals surface area contributed by atoms with E-state index in [2.05, 4.69) is 43.4 Å². The van der Waals surface area contributed by atoms with Crippen LogP contribution in [0.5, 0.6) is 0 Å². The molecule has 1 heteroatoms. The third-order valence-electron chi connectivity index (χ3n) is 5.29. The fourth-order valence-electron chi connectivity index (χ4n) is 3.47. The maximum absolute atomic E-state index is 3.74. The van der Waals surface area contributed by atoms with Gasteiger partial charge < -0.3 is 5.32 Å². The van der Waals surface area contributed by atoms with E-state index >= 15 is 0 Å². The van der Waals surface area contributed by atoms with E-state index in [0.717, 1.165) is 18.5 Å². The lowest BCUT2D eigenvalue weighted by atomic mass is 9.82. The van der Waals surface area contributed by atoms with Crippen LogP contribution in [0.2, 0.25) is 0 Å². The average Bonchev–Trinajstić information content (AvgIpc) is 3.33. The second-order valence-electron chi connectivity index (χ2n) is 7.00. The van der Waals surface area contributed by atoms with Gasteiger partial charge in [-0.15, -0.1) is 0 Å². The zero-order valence-electron chi connectivity index (χ0n) is 13.6. The molecule has 0 atom stereocenters. The molecule has 0 unspecified atom stereocenters. The number of aryl methyl sites for hydroxylation is 1. The van der Waals surface area contributed by atoms with Crippen molar-refractivity contribution in [2.45, 2.75) is 64.8 Å². The van der Waals surface area contributed by atoms with Crippen LogP contribution >= 0.6 is 0 Å². The van der Waals surface area contributed by atoms with E-state index in [-0.39, 0.29) is 0 Å². The summed E-state index contributed by atoms with van der Waals surface area (Å²) in [6.45, 7) is 5.58. The van der Waals surface area contributed by atoms with Gasteiger partial charge in [0.15, 0.2) is 0 Å². The van der Waals surface area contributed by atoms with E-state index in [1.807, 2.05) is 0 Å². The minimum absolute atomic E-state index is 0.801. The molecule has 2 fully saturated rings. The molecule has 1 aromatic rings. The summed E-state index contributed by atoms with van der Waals surface area (Å²) in [5.74, 6) is 0.810. The first-order valence-corrected chi connectivity index (χ1v) is 8.74. The predicted octanol–water partition coefficient (Wildman–Crippen LogP) is 5.02. The van der Waals surface area contributed by atoms with E-state index in [1.165, 1.54) is 61.6 Å². The molecule has 0 spiro atoms. The van der Waals surface area contributed by atoms with Gasteiger partial charge in [-0.3, -0.25) is 0 Å². The molecule has 0 saturated heterocycles. The molecule has 0 amide bonds. The van der Waals surface area contributed by atoms with Crippen LogP contribution in [0.4, 0.5) is 0 Å². The highest BCUT2D eigenvalue weighted by Crippen LogP contribution is 2.32.